The number of carbonyl (C=O) groups excluding carboxylic acids is 1. The highest BCUT2D eigenvalue weighted by Gasteiger charge is 2.26. The van der Waals surface area contributed by atoms with Crippen LogP contribution in [0.3, 0.4) is 0 Å². The van der Waals surface area contributed by atoms with Crippen molar-refractivity contribution in [1.29, 1.82) is 0 Å². The molecule has 1 fully saturated rings. The molecule has 1 aliphatic heterocycles. The molecule has 2 N–H and O–H groups in total. The first-order valence-electron chi connectivity index (χ1n) is 10.1. The monoisotopic (exact) mass is 396 g/mol. The number of rotatable bonds is 3. The number of aryl methyl sites for hydroxylation is 2. The first-order valence-corrected chi connectivity index (χ1v) is 10.9. The minimum atomic E-state index is -0.537. The highest BCUT2D eigenvalue weighted by molar-refractivity contribution is 7.14. The summed E-state index contributed by atoms with van der Waals surface area (Å²) in [7, 11) is 2.18. The van der Waals surface area contributed by atoms with Gasteiger partial charge in [-0.25, -0.2) is 0 Å². The Bertz CT molecular complexity index is 903. The van der Waals surface area contributed by atoms with E-state index in [0.717, 1.165) is 43.6 Å². The van der Waals surface area contributed by atoms with Gasteiger partial charge in [0.1, 0.15) is 0 Å². The van der Waals surface area contributed by atoms with Gasteiger partial charge in [-0.2, -0.15) is 0 Å². The van der Waals surface area contributed by atoms with Crippen molar-refractivity contribution in [2.75, 3.05) is 26.7 Å². The lowest BCUT2D eigenvalue weighted by Gasteiger charge is -2.27. The average Bonchev–Trinajstić information content (AvgIpc) is 3.04. The van der Waals surface area contributed by atoms with Crippen molar-refractivity contribution in [2.45, 2.75) is 38.7 Å². The van der Waals surface area contributed by atoms with E-state index in [4.69, 9.17) is 0 Å². The lowest BCUT2D eigenvalue weighted by atomic mass is 9.87. The number of carbonyl (C=O) groups is 1. The number of hydrogen-bond donors (Lipinski definition) is 2. The molecule has 4 nitrogen and oxygen atoms in total. The van der Waals surface area contributed by atoms with Gasteiger partial charge >= 0.3 is 0 Å². The number of aliphatic hydroxyl groups excluding tert-OH is 1. The molecule has 1 unspecified atom stereocenters. The Morgan fingerprint density at radius 2 is 1.93 bits per heavy atom. The normalized spacial score (nSPS) is 18.2. The second kappa shape index (κ2) is 8.19. The van der Waals surface area contributed by atoms with Gasteiger partial charge in [-0.15, -0.1) is 11.3 Å². The van der Waals surface area contributed by atoms with Crippen LogP contribution in [0.25, 0.3) is 5.57 Å². The zero-order chi connectivity index (χ0) is 19.7. The molecule has 0 spiro atoms. The second-order valence-corrected chi connectivity index (χ2v) is 9.08. The van der Waals surface area contributed by atoms with Gasteiger partial charge in [0.2, 0.25) is 0 Å². The molecule has 5 heteroatoms. The molecule has 2 heterocycles. The molecular weight excluding hydrogens is 368 g/mol. The highest BCUT2D eigenvalue weighted by Crippen LogP contribution is 2.41. The second-order valence-electron chi connectivity index (χ2n) is 7.95. The van der Waals surface area contributed by atoms with Gasteiger partial charge < -0.3 is 15.3 Å². The third-order valence-electron chi connectivity index (χ3n) is 5.71. The third kappa shape index (κ3) is 3.93. The molecule has 2 aromatic rings. The zero-order valence-electron chi connectivity index (χ0n) is 16.6. The molecule has 1 aliphatic carbocycles. The van der Waals surface area contributed by atoms with Gasteiger partial charge in [0, 0.05) is 24.5 Å². The number of benzene rings is 1. The quantitative estimate of drug-likeness (QED) is 0.835. The summed E-state index contributed by atoms with van der Waals surface area (Å²) < 4.78 is 0. The van der Waals surface area contributed by atoms with Crippen molar-refractivity contribution in [2.24, 2.45) is 0 Å². The van der Waals surface area contributed by atoms with Gasteiger partial charge in [-0.3, -0.25) is 4.79 Å². The van der Waals surface area contributed by atoms with Crippen LogP contribution in [0.1, 0.15) is 51.0 Å². The van der Waals surface area contributed by atoms with Gasteiger partial charge in [-0.1, -0.05) is 29.8 Å². The van der Waals surface area contributed by atoms with E-state index in [2.05, 4.69) is 47.6 Å². The molecule has 4 rings (SSSR count). The minimum Gasteiger partial charge on any atom is -0.392 e. The van der Waals surface area contributed by atoms with Crippen molar-refractivity contribution in [3.8, 4) is 0 Å². The van der Waals surface area contributed by atoms with Crippen LogP contribution in [-0.4, -0.2) is 48.7 Å². The number of aliphatic hydroxyl groups is 1. The fourth-order valence-electron chi connectivity index (χ4n) is 4.16. The van der Waals surface area contributed by atoms with Crippen LogP contribution >= 0.6 is 11.3 Å². The van der Waals surface area contributed by atoms with Crippen molar-refractivity contribution < 1.29 is 9.90 Å². The minimum absolute atomic E-state index is 0.0833. The Labute approximate surface area is 170 Å². The van der Waals surface area contributed by atoms with E-state index in [1.165, 1.54) is 32.7 Å². The Hall–Kier alpha value is -1.95. The number of likely N-dealkylation sites (tertiary alicyclic amines) is 1. The number of thiophene rings is 1. The summed E-state index contributed by atoms with van der Waals surface area (Å²) >= 11 is 1.61. The summed E-state index contributed by atoms with van der Waals surface area (Å²) in [5, 5.41) is 12.3. The fourth-order valence-corrected chi connectivity index (χ4v) is 5.24. The Morgan fingerprint density at radius 1 is 1.18 bits per heavy atom. The fraction of sp³-hybridized carbons (Fsp3) is 0.435. The van der Waals surface area contributed by atoms with Crippen LogP contribution in [-0.2, 0) is 12.8 Å². The first-order chi connectivity index (χ1) is 13.5. The van der Waals surface area contributed by atoms with Crippen molar-refractivity contribution in [3.63, 3.8) is 0 Å². The Kier molecular flexibility index (Phi) is 5.67. The summed E-state index contributed by atoms with van der Waals surface area (Å²) in [4.78, 5) is 17.0. The number of hydrogen-bond acceptors (Lipinski definition) is 4. The topological polar surface area (TPSA) is 52.6 Å². The molecule has 0 radical (unpaired) electrons. The van der Waals surface area contributed by atoms with E-state index < -0.39 is 6.10 Å². The van der Waals surface area contributed by atoms with Crippen LogP contribution in [0.15, 0.2) is 35.9 Å². The Balaban J connectivity index is 1.77. The van der Waals surface area contributed by atoms with Crippen LogP contribution < -0.4 is 5.32 Å². The van der Waals surface area contributed by atoms with Crippen LogP contribution in [0, 0.1) is 0 Å². The number of fused-ring (bicyclic) bond motifs is 2. The molecule has 2 aliphatic rings. The lowest BCUT2D eigenvalue weighted by molar-refractivity contribution is 0.0928. The summed E-state index contributed by atoms with van der Waals surface area (Å²) in [6.07, 6.45) is 3.61. The van der Waals surface area contributed by atoms with E-state index in [9.17, 15) is 9.90 Å². The van der Waals surface area contributed by atoms with Gasteiger partial charge in [0.25, 0.3) is 5.91 Å². The van der Waals surface area contributed by atoms with E-state index >= 15 is 0 Å². The smallest absolute Gasteiger partial charge is 0.261 e. The summed E-state index contributed by atoms with van der Waals surface area (Å²) in [5.74, 6) is -0.0833. The molecule has 1 atom stereocenters. The predicted octanol–water partition coefficient (Wildman–Crippen LogP) is 3.48. The van der Waals surface area contributed by atoms with Crippen LogP contribution in [0.2, 0.25) is 0 Å². The van der Waals surface area contributed by atoms with Gasteiger partial charge in [0.05, 0.1) is 11.0 Å². The summed E-state index contributed by atoms with van der Waals surface area (Å²) in [6.45, 7) is 4.14. The molecule has 1 amide bonds. The van der Waals surface area contributed by atoms with E-state index in [-0.39, 0.29) is 12.5 Å². The van der Waals surface area contributed by atoms with Gasteiger partial charge in [-0.05, 0) is 68.0 Å². The van der Waals surface area contributed by atoms with Crippen molar-refractivity contribution in [1.82, 2.24) is 10.2 Å². The molecule has 1 aromatic carbocycles. The maximum atomic E-state index is 12.6. The van der Waals surface area contributed by atoms with Crippen LogP contribution in [0.4, 0.5) is 0 Å². The molecule has 28 heavy (non-hydrogen) atoms. The predicted molar refractivity (Wildman–Crippen MR) is 115 cm³/mol. The maximum Gasteiger partial charge on any atom is 0.261 e. The largest absolute Gasteiger partial charge is 0.392 e. The van der Waals surface area contributed by atoms with Crippen LogP contribution in [0.5, 0.6) is 0 Å². The summed E-state index contributed by atoms with van der Waals surface area (Å²) in [6, 6.07) is 10.8. The SMILES string of the molecule is CC(O)CNC(=O)c1cc2c(s1)CCc1ccccc1C2=C1CCN(C)CC1. The van der Waals surface area contributed by atoms with E-state index in [1.54, 1.807) is 18.3 Å². The average molecular weight is 397 g/mol. The van der Waals surface area contributed by atoms with Crippen molar-refractivity contribution >= 4 is 22.8 Å². The molecule has 0 saturated carbocycles. The van der Waals surface area contributed by atoms with E-state index in [0.29, 0.717) is 0 Å². The third-order valence-corrected chi connectivity index (χ3v) is 6.91. The van der Waals surface area contributed by atoms with Crippen molar-refractivity contribution in [3.05, 3.63) is 62.3 Å². The zero-order valence-corrected chi connectivity index (χ0v) is 17.4. The molecule has 148 valence electrons. The van der Waals surface area contributed by atoms with Gasteiger partial charge in [0.15, 0.2) is 0 Å². The number of nitrogens with zero attached hydrogens (tertiary/aromatic N) is 1. The number of piperidine rings is 1. The lowest BCUT2D eigenvalue weighted by Crippen LogP contribution is -2.29. The number of amides is 1. The van der Waals surface area contributed by atoms with E-state index in [1.807, 2.05) is 0 Å². The summed E-state index contributed by atoms with van der Waals surface area (Å²) in [5.41, 5.74) is 6.88. The molecule has 0 bridgehead atoms. The Morgan fingerprint density at radius 3 is 2.68 bits per heavy atom. The molecular formula is C23H28N2O2S. The molecule has 1 saturated heterocycles. The first kappa shape index (κ1) is 19.4. The standard InChI is InChI=1S/C23H28N2O2S/c1-15(26)14-24-23(27)21-13-19-20(28-21)8-7-16-5-3-4-6-18(16)22(19)17-9-11-25(2)12-10-17/h3-6,13,15,26H,7-12,14H2,1-2H3,(H,24,27). The highest BCUT2D eigenvalue weighted by atomic mass is 32.1. The molecule has 1 aromatic heterocycles. The maximum absolute atomic E-state index is 12.6. The number of nitrogens with one attached hydrogen (secondary N) is 1.